The average molecular weight is 759 g/mol. The molecule has 0 spiro atoms. The van der Waals surface area contributed by atoms with Gasteiger partial charge in [-0.15, -0.1) is 0 Å². The van der Waals surface area contributed by atoms with E-state index in [0.29, 0.717) is 6.42 Å². The van der Waals surface area contributed by atoms with Gasteiger partial charge in [0.25, 0.3) is 5.91 Å². The minimum Gasteiger partial charge on any atom is -0.445 e. The normalized spacial score (nSPS) is 13.7. The summed E-state index contributed by atoms with van der Waals surface area (Å²) in [5, 5.41) is 22.3. The lowest BCUT2D eigenvalue weighted by molar-refractivity contribution is -0.142. The summed E-state index contributed by atoms with van der Waals surface area (Å²) in [7, 11) is 0. The Hall–Kier alpha value is -5.99. The number of nitrogens with one attached hydrogen (secondary N) is 6. The summed E-state index contributed by atoms with van der Waals surface area (Å²) in [5.74, 6) is -5.20. The first kappa shape index (κ1) is 43.4. The highest BCUT2D eigenvalue weighted by Gasteiger charge is 2.36. The van der Waals surface area contributed by atoms with Crippen LogP contribution in [0.2, 0.25) is 0 Å². The fourth-order valence-corrected chi connectivity index (χ4v) is 5.83. The van der Waals surface area contributed by atoms with Crippen LogP contribution in [0, 0.1) is 17.2 Å². The number of Topliss-reactive ketones (excluding diaryl/α,β-unsaturated/α-hetero) is 1. The third-order valence-corrected chi connectivity index (χ3v) is 9.07. The fraction of sp³-hybridized carbons (Fsp3) is 0.425. The molecule has 0 aromatic heterocycles. The molecule has 5 amide bonds. The van der Waals surface area contributed by atoms with Crippen molar-refractivity contribution in [3.8, 4) is 0 Å². The number of guanidine groups is 1. The molecule has 15 heteroatoms. The maximum Gasteiger partial charge on any atom is 0.408 e. The molecule has 0 bridgehead atoms. The van der Waals surface area contributed by atoms with E-state index in [1.54, 1.807) is 38.1 Å². The zero-order valence-corrected chi connectivity index (χ0v) is 31.9. The predicted octanol–water partition coefficient (Wildman–Crippen LogP) is 2.54. The van der Waals surface area contributed by atoms with E-state index in [0.717, 1.165) is 21.9 Å². The first-order chi connectivity index (χ1) is 26.2. The van der Waals surface area contributed by atoms with Gasteiger partial charge in [-0.1, -0.05) is 107 Å². The van der Waals surface area contributed by atoms with Crippen LogP contribution in [0.1, 0.15) is 64.5 Å². The molecule has 15 nitrogen and oxygen atoms in total. The van der Waals surface area contributed by atoms with E-state index in [-0.39, 0.29) is 50.7 Å². The number of ether oxygens (including phenoxy) is 1. The highest BCUT2D eigenvalue weighted by Crippen LogP contribution is 2.17. The van der Waals surface area contributed by atoms with Gasteiger partial charge in [-0.05, 0) is 53.0 Å². The molecule has 10 N–H and O–H groups in total. The van der Waals surface area contributed by atoms with E-state index in [1.165, 1.54) is 0 Å². The van der Waals surface area contributed by atoms with Crippen LogP contribution in [0.25, 0.3) is 10.8 Å². The van der Waals surface area contributed by atoms with Gasteiger partial charge in [0.15, 0.2) is 5.96 Å². The summed E-state index contributed by atoms with van der Waals surface area (Å²) < 4.78 is 5.31. The van der Waals surface area contributed by atoms with Crippen LogP contribution in [-0.4, -0.2) is 72.2 Å². The van der Waals surface area contributed by atoms with E-state index < -0.39 is 65.6 Å². The Morgan fingerprint density at radius 3 is 2.04 bits per heavy atom. The van der Waals surface area contributed by atoms with Crippen molar-refractivity contribution >= 4 is 52.2 Å². The number of hydrogen-bond acceptors (Lipinski definition) is 8. The monoisotopic (exact) mass is 758 g/mol. The SMILES string of the molecule is CCC(C)C(NC(=O)C(CC(C)C)NC(=O)OCc1ccccc1)C(=O)C(=O)NC(CCCNC(=N)N)C(=O)NC(Cc1ccc2ccccc2c1)C(N)=O. The maximum absolute atomic E-state index is 13.8. The fourth-order valence-electron chi connectivity index (χ4n) is 5.83. The van der Waals surface area contributed by atoms with Gasteiger partial charge in [0, 0.05) is 13.0 Å². The average Bonchev–Trinajstić information content (AvgIpc) is 3.15. The largest absolute Gasteiger partial charge is 0.445 e. The molecule has 3 rings (SSSR count). The molecule has 0 aliphatic heterocycles. The number of benzene rings is 3. The van der Waals surface area contributed by atoms with Crippen LogP contribution in [0.15, 0.2) is 72.8 Å². The van der Waals surface area contributed by atoms with Crippen molar-refractivity contribution in [2.75, 3.05) is 6.54 Å². The Bertz CT molecular complexity index is 1800. The first-order valence-electron chi connectivity index (χ1n) is 18.5. The quantitative estimate of drug-likeness (QED) is 0.0344. The number of alkyl carbamates (subject to hydrolysis) is 1. The van der Waals surface area contributed by atoms with Crippen LogP contribution >= 0.6 is 0 Å². The van der Waals surface area contributed by atoms with E-state index >= 15 is 0 Å². The van der Waals surface area contributed by atoms with Crippen LogP contribution in [0.5, 0.6) is 0 Å². The van der Waals surface area contributed by atoms with Crippen molar-refractivity contribution in [2.45, 2.75) is 90.6 Å². The van der Waals surface area contributed by atoms with Crippen molar-refractivity contribution in [3.05, 3.63) is 83.9 Å². The molecule has 0 aliphatic rings. The van der Waals surface area contributed by atoms with Crippen molar-refractivity contribution in [2.24, 2.45) is 23.3 Å². The molecule has 0 aliphatic carbocycles. The van der Waals surface area contributed by atoms with Crippen LogP contribution in [0.4, 0.5) is 4.79 Å². The number of rotatable bonds is 21. The molecule has 5 atom stereocenters. The number of primary amides is 1. The van der Waals surface area contributed by atoms with E-state index in [2.05, 4.69) is 26.6 Å². The first-order valence-corrected chi connectivity index (χ1v) is 18.5. The summed E-state index contributed by atoms with van der Waals surface area (Å²) >= 11 is 0. The predicted molar refractivity (Wildman–Crippen MR) is 209 cm³/mol. The summed E-state index contributed by atoms with van der Waals surface area (Å²) in [6.45, 7) is 7.38. The van der Waals surface area contributed by atoms with E-state index in [1.807, 2.05) is 62.4 Å². The van der Waals surface area contributed by atoms with Gasteiger partial charge in [0.1, 0.15) is 24.7 Å². The van der Waals surface area contributed by atoms with Gasteiger partial charge in [0.05, 0.1) is 6.04 Å². The zero-order valence-electron chi connectivity index (χ0n) is 31.9. The smallest absolute Gasteiger partial charge is 0.408 e. The lowest BCUT2D eigenvalue weighted by Gasteiger charge is -2.27. The van der Waals surface area contributed by atoms with Gasteiger partial charge in [-0.2, -0.15) is 0 Å². The second-order valence-electron chi connectivity index (χ2n) is 14.0. The summed E-state index contributed by atoms with van der Waals surface area (Å²) in [5.41, 5.74) is 12.6. The number of nitrogens with two attached hydrogens (primary N) is 2. The molecular weight excluding hydrogens is 704 g/mol. The van der Waals surface area contributed by atoms with Crippen molar-refractivity contribution in [3.63, 3.8) is 0 Å². The zero-order chi connectivity index (χ0) is 40.5. The summed E-state index contributed by atoms with van der Waals surface area (Å²) in [6, 6.07) is 17.5. The third kappa shape index (κ3) is 14.4. The van der Waals surface area contributed by atoms with Gasteiger partial charge in [0.2, 0.25) is 23.5 Å². The minimum atomic E-state index is -1.30. The third-order valence-electron chi connectivity index (χ3n) is 9.07. The van der Waals surface area contributed by atoms with Crippen LogP contribution < -0.4 is 38.1 Å². The van der Waals surface area contributed by atoms with Gasteiger partial charge >= 0.3 is 6.09 Å². The molecule has 0 radical (unpaired) electrons. The number of amides is 5. The number of ketones is 1. The van der Waals surface area contributed by atoms with E-state index in [9.17, 15) is 28.8 Å². The topological polar surface area (TPSA) is 248 Å². The lowest BCUT2D eigenvalue weighted by Crippen LogP contribution is -2.58. The van der Waals surface area contributed by atoms with Crippen molar-refractivity contribution in [1.29, 1.82) is 5.41 Å². The lowest BCUT2D eigenvalue weighted by atomic mass is 9.93. The summed E-state index contributed by atoms with van der Waals surface area (Å²) in [6.07, 6.45) is 0.116. The molecule has 0 saturated heterocycles. The molecule has 0 fully saturated rings. The number of carbonyl (C=O) groups excluding carboxylic acids is 6. The Morgan fingerprint density at radius 1 is 0.745 bits per heavy atom. The molecule has 5 unspecified atom stereocenters. The minimum absolute atomic E-state index is 0.00157. The Balaban J connectivity index is 1.75. The molecule has 0 heterocycles. The van der Waals surface area contributed by atoms with Crippen molar-refractivity contribution < 1.29 is 33.5 Å². The van der Waals surface area contributed by atoms with Gasteiger partial charge < -0.3 is 42.8 Å². The maximum atomic E-state index is 13.8. The summed E-state index contributed by atoms with van der Waals surface area (Å²) in [4.78, 5) is 79.8. The van der Waals surface area contributed by atoms with Gasteiger partial charge in [-0.3, -0.25) is 29.4 Å². The molecule has 0 saturated carbocycles. The Labute approximate surface area is 321 Å². The van der Waals surface area contributed by atoms with Crippen molar-refractivity contribution in [1.82, 2.24) is 26.6 Å². The van der Waals surface area contributed by atoms with Gasteiger partial charge in [-0.25, -0.2) is 4.79 Å². The molecule has 296 valence electrons. The van der Waals surface area contributed by atoms with E-state index in [4.69, 9.17) is 21.6 Å². The highest BCUT2D eigenvalue weighted by molar-refractivity contribution is 6.39. The highest BCUT2D eigenvalue weighted by atomic mass is 16.5. The molecule has 55 heavy (non-hydrogen) atoms. The Kier molecular flexibility index (Phi) is 17.1. The number of fused-ring (bicyclic) bond motifs is 1. The van der Waals surface area contributed by atoms with Crippen LogP contribution in [0.3, 0.4) is 0 Å². The second kappa shape index (κ2) is 21.6. The number of hydrogen-bond donors (Lipinski definition) is 8. The second-order valence-corrected chi connectivity index (χ2v) is 14.0. The number of carbonyl (C=O) groups is 6. The van der Waals surface area contributed by atoms with Crippen LogP contribution in [-0.2, 0) is 41.7 Å². The standard InChI is InChI=1S/C40H54N8O7/c1-5-25(4)33(48-37(52)32(20-24(2)3)47-40(54)55-23-26-12-7-6-8-13-26)34(49)38(53)45-30(16-11-19-44-39(42)43)36(51)46-31(35(41)50)22-27-17-18-28-14-9-10-15-29(28)21-27/h6-10,12-15,17-18,21,24-25,30-33H,5,11,16,19-20,22-23H2,1-4H3,(H2,41,50)(H,45,53)(H,46,51)(H,47,54)(H,48,52)(H4,42,43,44). The Morgan fingerprint density at radius 2 is 1.40 bits per heavy atom. The molecule has 3 aromatic carbocycles. The molecule has 3 aromatic rings. The molecular formula is C40H54N8O7.